The van der Waals surface area contributed by atoms with Crippen LogP contribution in [-0.4, -0.2) is 23.9 Å². The van der Waals surface area contributed by atoms with Crippen LogP contribution < -0.4 is 5.32 Å². The van der Waals surface area contributed by atoms with Crippen LogP contribution in [0.3, 0.4) is 0 Å². The van der Waals surface area contributed by atoms with Crippen molar-refractivity contribution in [2.75, 3.05) is 13.1 Å². The molecule has 0 aliphatic carbocycles. The van der Waals surface area contributed by atoms with E-state index in [0.29, 0.717) is 0 Å². The number of fused-ring (bicyclic) bond motifs is 3. The minimum Gasteiger partial charge on any atom is -0.311 e. The number of hydrogen-bond donors (Lipinski definition) is 1. The molecule has 2 aliphatic rings. The minimum atomic E-state index is -0.520. The lowest BCUT2D eigenvalue weighted by Gasteiger charge is -2.34. The molecule has 1 amide bonds. The number of benzene rings is 2. The van der Waals surface area contributed by atoms with Crippen molar-refractivity contribution in [3.05, 3.63) is 69.7 Å². The first-order valence-electron chi connectivity index (χ1n) is 6.66. The number of carbonyl (C=O) groups excluding carboxylic acids is 1. The number of amides is 1. The summed E-state index contributed by atoms with van der Waals surface area (Å²) in [5, 5.41) is 3.55. The second-order valence-electron chi connectivity index (χ2n) is 5.12. The smallest absolute Gasteiger partial charge is 0.256 e. The van der Waals surface area contributed by atoms with E-state index in [1.807, 2.05) is 47.4 Å². The molecule has 3 nitrogen and oxygen atoms in total. The Morgan fingerprint density at radius 1 is 1.05 bits per heavy atom. The minimum absolute atomic E-state index is 0.112. The summed E-state index contributed by atoms with van der Waals surface area (Å²) in [6.07, 6.45) is 0. The molecule has 20 heavy (non-hydrogen) atoms. The van der Waals surface area contributed by atoms with E-state index >= 15 is 0 Å². The van der Waals surface area contributed by atoms with E-state index in [-0.39, 0.29) is 5.91 Å². The van der Waals surface area contributed by atoms with E-state index in [2.05, 4.69) is 27.3 Å². The van der Waals surface area contributed by atoms with Crippen LogP contribution in [0.25, 0.3) is 0 Å². The quantitative estimate of drug-likeness (QED) is 0.873. The topological polar surface area (TPSA) is 32.3 Å². The Labute approximate surface area is 125 Å². The van der Waals surface area contributed by atoms with Gasteiger partial charge in [-0.05, 0) is 12.1 Å². The van der Waals surface area contributed by atoms with E-state index in [4.69, 9.17) is 0 Å². The molecule has 2 aromatic carbocycles. The van der Waals surface area contributed by atoms with Crippen molar-refractivity contribution in [2.45, 2.75) is 5.66 Å². The van der Waals surface area contributed by atoms with E-state index < -0.39 is 5.66 Å². The molecule has 1 atom stereocenters. The van der Waals surface area contributed by atoms with Crippen molar-refractivity contribution in [3.8, 4) is 0 Å². The number of carbonyl (C=O) groups is 1. The molecule has 2 heterocycles. The predicted octanol–water partition coefficient (Wildman–Crippen LogP) is 2.71. The number of rotatable bonds is 1. The van der Waals surface area contributed by atoms with Crippen LogP contribution >= 0.6 is 15.9 Å². The number of nitrogens with zero attached hydrogens (tertiary/aromatic N) is 1. The lowest BCUT2D eigenvalue weighted by atomic mass is 9.91. The lowest BCUT2D eigenvalue weighted by molar-refractivity contribution is 0.0694. The molecule has 1 N–H and O–H groups in total. The Kier molecular flexibility index (Phi) is 2.53. The van der Waals surface area contributed by atoms with Crippen molar-refractivity contribution in [2.24, 2.45) is 0 Å². The molecule has 1 saturated heterocycles. The first-order chi connectivity index (χ1) is 9.75. The van der Waals surface area contributed by atoms with E-state index in [1.165, 1.54) is 0 Å². The number of halogens is 1. The van der Waals surface area contributed by atoms with Crippen LogP contribution in [0.1, 0.15) is 21.5 Å². The van der Waals surface area contributed by atoms with Crippen molar-refractivity contribution < 1.29 is 4.79 Å². The third-order valence-electron chi connectivity index (χ3n) is 4.18. The van der Waals surface area contributed by atoms with Gasteiger partial charge in [0.1, 0.15) is 5.66 Å². The highest BCUT2D eigenvalue weighted by atomic mass is 79.9. The van der Waals surface area contributed by atoms with Crippen molar-refractivity contribution in [1.82, 2.24) is 10.2 Å². The SMILES string of the molecule is O=C1c2ccccc2C2(c3ccccc3Br)NCCN12. The van der Waals surface area contributed by atoms with Gasteiger partial charge in [0, 0.05) is 34.3 Å². The standard InChI is InChI=1S/C16H13BrN2O/c17-14-8-4-3-7-13(14)16-12-6-2-1-5-11(12)15(20)19(16)10-9-18-16/h1-8,18H,9-10H2. The summed E-state index contributed by atoms with van der Waals surface area (Å²) in [5.41, 5.74) is 2.42. The molecule has 4 rings (SSSR count). The molecule has 0 bridgehead atoms. The van der Waals surface area contributed by atoms with Gasteiger partial charge in [-0.1, -0.05) is 52.3 Å². The van der Waals surface area contributed by atoms with Crippen LogP contribution in [0, 0.1) is 0 Å². The Hall–Kier alpha value is -1.65. The van der Waals surface area contributed by atoms with Gasteiger partial charge in [-0.2, -0.15) is 0 Å². The van der Waals surface area contributed by atoms with Crippen LogP contribution in [0.4, 0.5) is 0 Å². The first-order valence-corrected chi connectivity index (χ1v) is 7.46. The summed E-state index contributed by atoms with van der Waals surface area (Å²) in [6.45, 7) is 1.54. The van der Waals surface area contributed by atoms with Crippen molar-refractivity contribution in [3.63, 3.8) is 0 Å². The van der Waals surface area contributed by atoms with Gasteiger partial charge in [0.2, 0.25) is 0 Å². The summed E-state index contributed by atoms with van der Waals surface area (Å²) in [7, 11) is 0. The van der Waals surface area contributed by atoms with E-state index in [1.54, 1.807) is 0 Å². The van der Waals surface area contributed by atoms with Crippen LogP contribution in [0.2, 0.25) is 0 Å². The van der Waals surface area contributed by atoms with Gasteiger partial charge in [0.15, 0.2) is 0 Å². The second kappa shape index (κ2) is 4.17. The molecule has 2 aromatic rings. The maximum Gasteiger partial charge on any atom is 0.256 e. The zero-order valence-electron chi connectivity index (χ0n) is 10.8. The summed E-state index contributed by atoms with van der Waals surface area (Å²) in [4.78, 5) is 14.6. The lowest BCUT2D eigenvalue weighted by Crippen LogP contribution is -2.47. The predicted molar refractivity (Wildman–Crippen MR) is 80.4 cm³/mol. The van der Waals surface area contributed by atoms with Crippen molar-refractivity contribution in [1.29, 1.82) is 0 Å². The highest BCUT2D eigenvalue weighted by Gasteiger charge is 2.53. The molecule has 0 radical (unpaired) electrons. The molecule has 4 heteroatoms. The van der Waals surface area contributed by atoms with Gasteiger partial charge in [-0.15, -0.1) is 0 Å². The van der Waals surface area contributed by atoms with Crippen LogP contribution in [-0.2, 0) is 5.66 Å². The summed E-state index contributed by atoms with van der Waals surface area (Å²) in [5.74, 6) is 0.112. The van der Waals surface area contributed by atoms with E-state index in [0.717, 1.165) is 34.3 Å². The molecule has 0 saturated carbocycles. The highest BCUT2D eigenvalue weighted by molar-refractivity contribution is 9.10. The maximum atomic E-state index is 12.6. The molecule has 1 fully saturated rings. The summed E-state index contributed by atoms with van der Waals surface area (Å²) in [6, 6.07) is 16.0. The molecule has 100 valence electrons. The fourth-order valence-electron chi connectivity index (χ4n) is 3.38. The van der Waals surface area contributed by atoms with Gasteiger partial charge < -0.3 is 4.90 Å². The number of hydrogen-bond acceptors (Lipinski definition) is 2. The molecular weight excluding hydrogens is 316 g/mol. The summed E-state index contributed by atoms with van der Waals surface area (Å²) >= 11 is 3.63. The Balaban J connectivity index is 2.04. The Morgan fingerprint density at radius 2 is 1.75 bits per heavy atom. The number of nitrogens with one attached hydrogen (secondary N) is 1. The van der Waals surface area contributed by atoms with E-state index in [9.17, 15) is 4.79 Å². The van der Waals surface area contributed by atoms with Gasteiger partial charge in [0.25, 0.3) is 5.91 Å². The Bertz CT molecular complexity index is 715. The largest absolute Gasteiger partial charge is 0.311 e. The summed E-state index contributed by atoms with van der Waals surface area (Å²) < 4.78 is 1.02. The normalized spacial score (nSPS) is 23.9. The average Bonchev–Trinajstić information content (AvgIpc) is 3.00. The third-order valence-corrected chi connectivity index (χ3v) is 4.87. The van der Waals surface area contributed by atoms with Crippen LogP contribution in [0.15, 0.2) is 53.0 Å². The van der Waals surface area contributed by atoms with Gasteiger partial charge >= 0.3 is 0 Å². The zero-order valence-corrected chi connectivity index (χ0v) is 12.4. The molecule has 0 aromatic heterocycles. The van der Waals surface area contributed by atoms with Crippen molar-refractivity contribution >= 4 is 21.8 Å². The fraction of sp³-hybridized carbons (Fsp3) is 0.188. The second-order valence-corrected chi connectivity index (χ2v) is 5.97. The van der Waals surface area contributed by atoms with Crippen LogP contribution in [0.5, 0.6) is 0 Å². The monoisotopic (exact) mass is 328 g/mol. The molecule has 1 unspecified atom stereocenters. The Morgan fingerprint density at radius 3 is 2.55 bits per heavy atom. The molecule has 0 spiro atoms. The van der Waals surface area contributed by atoms with Gasteiger partial charge in [0.05, 0.1) is 0 Å². The highest BCUT2D eigenvalue weighted by Crippen LogP contribution is 2.46. The van der Waals surface area contributed by atoms with Gasteiger partial charge in [-0.25, -0.2) is 0 Å². The average molecular weight is 329 g/mol. The third kappa shape index (κ3) is 1.35. The zero-order chi connectivity index (χ0) is 13.7. The molecular formula is C16H13BrN2O. The maximum absolute atomic E-state index is 12.6. The first kappa shape index (κ1) is 12.1. The molecule has 2 aliphatic heterocycles. The fourth-order valence-corrected chi connectivity index (χ4v) is 3.95. The van der Waals surface area contributed by atoms with Gasteiger partial charge in [-0.3, -0.25) is 10.1 Å².